The van der Waals surface area contributed by atoms with Gasteiger partial charge in [-0.2, -0.15) is 10.1 Å². The second-order valence-electron chi connectivity index (χ2n) is 6.31. The highest BCUT2D eigenvalue weighted by molar-refractivity contribution is 5.90. The number of hydrogen-bond donors (Lipinski definition) is 1. The highest BCUT2D eigenvalue weighted by Gasteiger charge is 2.17. The molecule has 0 aliphatic heterocycles. The Morgan fingerprint density at radius 1 is 1.07 bits per heavy atom. The number of benzene rings is 1. The Balaban J connectivity index is 1.55. The van der Waals surface area contributed by atoms with E-state index in [-0.39, 0.29) is 11.7 Å². The van der Waals surface area contributed by atoms with Crippen LogP contribution in [0.1, 0.15) is 33.3 Å². The van der Waals surface area contributed by atoms with Gasteiger partial charge in [0, 0.05) is 29.7 Å². The zero-order chi connectivity index (χ0) is 19.0. The molecule has 0 bridgehead atoms. The van der Waals surface area contributed by atoms with Gasteiger partial charge in [0.25, 0.3) is 11.7 Å². The Hall–Kier alpha value is -3.55. The summed E-state index contributed by atoms with van der Waals surface area (Å²) in [5.74, 6) is 0.165. The first-order valence-corrected chi connectivity index (χ1v) is 8.61. The van der Waals surface area contributed by atoms with Gasteiger partial charge in [-0.3, -0.25) is 4.79 Å². The maximum Gasteiger partial charge on any atom is 0.291 e. The Kier molecular flexibility index (Phi) is 4.15. The minimum absolute atomic E-state index is 0.0996. The number of para-hydroxylation sites is 1. The van der Waals surface area contributed by atoms with Crippen molar-refractivity contribution >= 4 is 11.7 Å². The van der Waals surface area contributed by atoms with Crippen molar-refractivity contribution < 1.29 is 4.79 Å². The van der Waals surface area contributed by atoms with Gasteiger partial charge >= 0.3 is 0 Å². The molecule has 4 rings (SSSR count). The molecular weight excluding hydrogens is 342 g/mol. The number of amides is 1. The number of rotatable bonds is 4. The fraction of sp³-hybridized carbons (Fsp3) is 0.211. The van der Waals surface area contributed by atoms with E-state index in [1.54, 1.807) is 10.7 Å². The van der Waals surface area contributed by atoms with Crippen molar-refractivity contribution in [3.8, 4) is 5.69 Å². The van der Waals surface area contributed by atoms with Gasteiger partial charge in [0.05, 0.1) is 11.4 Å². The molecule has 8 heteroatoms. The van der Waals surface area contributed by atoms with E-state index in [4.69, 9.17) is 0 Å². The molecule has 0 saturated heterocycles. The molecule has 27 heavy (non-hydrogen) atoms. The van der Waals surface area contributed by atoms with Crippen molar-refractivity contribution in [2.45, 2.75) is 27.3 Å². The van der Waals surface area contributed by atoms with E-state index in [9.17, 15) is 4.79 Å². The minimum atomic E-state index is -0.342. The molecule has 1 N–H and O–H groups in total. The zero-order valence-corrected chi connectivity index (χ0v) is 15.3. The number of aromatic nitrogens is 6. The quantitative estimate of drug-likeness (QED) is 0.602. The first kappa shape index (κ1) is 16.9. The summed E-state index contributed by atoms with van der Waals surface area (Å²) >= 11 is 0. The molecular formula is C19H19N7O. The second kappa shape index (κ2) is 6.64. The molecule has 8 nitrogen and oxygen atoms in total. The Morgan fingerprint density at radius 2 is 1.85 bits per heavy atom. The van der Waals surface area contributed by atoms with E-state index in [0.717, 1.165) is 28.3 Å². The van der Waals surface area contributed by atoms with Crippen LogP contribution in [0.25, 0.3) is 11.5 Å². The van der Waals surface area contributed by atoms with Crippen molar-refractivity contribution in [2.24, 2.45) is 0 Å². The highest BCUT2D eigenvalue weighted by Crippen LogP contribution is 2.17. The van der Waals surface area contributed by atoms with Crippen LogP contribution in [-0.4, -0.2) is 35.3 Å². The van der Waals surface area contributed by atoms with Crippen LogP contribution in [0.5, 0.6) is 0 Å². The third-order valence-electron chi connectivity index (χ3n) is 4.50. The van der Waals surface area contributed by atoms with Gasteiger partial charge in [-0.25, -0.2) is 14.2 Å². The smallest absolute Gasteiger partial charge is 0.291 e. The molecule has 0 spiro atoms. The first-order valence-electron chi connectivity index (χ1n) is 8.61. The molecule has 0 fully saturated rings. The van der Waals surface area contributed by atoms with Gasteiger partial charge < -0.3 is 5.32 Å². The molecule has 136 valence electrons. The molecule has 3 aromatic heterocycles. The summed E-state index contributed by atoms with van der Waals surface area (Å²) in [4.78, 5) is 20.8. The molecule has 0 atom stereocenters. The average molecular weight is 361 g/mol. The lowest BCUT2D eigenvalue weighted by Gasteiger charge is -2.06. The fourth-order valence-electron chi connectivity index (χ4n) is 3.00. The van der Waals surface area contributed by atoms with Crippen molar-refractivity contribution in [3.05, 3.63) is 71.1 Å². The minimum Gasteiger partial charge on any atom is -0.345 e. The average Bonchev–Trinajstić information content (AvgIpc) is 3.23. The number of carbonyl (C=O) groups is 1. The van der Waals surface area contributed by atoms with Crippen LogP contribution in [0, 0.1) is 20.8 Å². The van der Waals surface area contributed by atoms with Gasteiger partial charge in [0.1, 0.15) is 0 Å². The highest BCUT2D eigenvalue weighted by atomic mass is 16.2. The van der Waals surface area contributed by atoms with Crippen molar-refractivity contribution in [2.75, 3.05) is 0 Å². The predicted octanol–water partition coefficient (Wildman–Crippen LogP) is 2.17. The van der Waals surface area contributed by atoms with Gasteiger partial charge in [0.15, 0.2) is 0 Å². The zero-order valence-electron chi connectivity index (χ0n) is 15.3. The Bertz CT molecular complexity index is 1130. The van der Waals surface area contributed by atoms with Crippen LogP contribution in [-0.2, 0) is 6.54 Å². The molecule has 0 radical (unpaired) electrons. The molecule has 4 aromatic rings. The monoisotopic (exact) mass is 361 g/mol. The summed E-state index contributed by atoms with van der Waals surface area (Å²) in [5.41, 5.74) is 4.68. The van der Waals surface area contributed by atoms with Crippen molar-refractivity contribution in [1.82, 2.24) is 34.7 Å². The Labute approximate surface area is 155 Å². The summed E-state index contributed by atoms with van der Waals surface area (Å²) in [5, 5.41) is 11.7. The molecule has 0 unspecified atom stereocenters. The SMILES string of the molecule is Cc1nn(-c2ccccc2)c(C)c1CNC(=O)c1nc2nccc(C)n2n1. The van der Waals surface area contributed by atoms with Crippen LogP contribution < -0.4 is 5.32 Å². The summed E-state index contributed by atoms with van der Waals surface area (Å²) in [6.07, 6.45) is 1.64. The molecule has 0 aliphatic carbocycles. The lowest BCUT2D eigenvalue weighted by Crippen LogP contribution is -2.24. The molecule has 1 aromatic carbocycles. The van der Waals surface area contributed by atoms with Crippen LogP contribution in [0.2, 0.25) is 0 Å². The van der Waals surface area contributed by atoms with Crippen LogP contribution >= 0.6 is 0 Å². The summed E-state index contributed by atoms with van der Waals surface area (Å²) in [7, 11) is 0. The Morgan fingerprint density at radius 3 is 2.59 bits per heavy atom. The van der Waals surface area contributed by atoms with E-state index in [1.165, 1.54) is 0 Å². The molecule has 0 aliphatic rings. The number of nitrogens with zero attached hydrogens (tertiary/aromatic N) is 6. The number of aryl methyl sites for hydroxylation is 2. The van der Waals surface area contributed by atoms with Gasteiger partial charge in [-0.15, -0.1) is 5.10 Å². The maximum absolute atomic E-state index is 12.5. The number of fused-ring (bicyclic) bond motifs is 1. The third-order valence-corrected chi connectivity index (χ3v) is 4.50. The van der Waals surface area contributed by atoms with Crippen molar-refractivity contribution in [3.63, 3.8) is 0 Å². The lowest BCUT2D eigenvalue weighted by molar-refractivity contribution is 0.0940. The summed E-state index contributed by atoms with van der Waals surface area (Å²) < 4.78 is 3.44. The van der Waals surface area contributed by atoms with Gasteiger partial charge in [0.2, 0.25) is 5.82 Å². The standard InChI is InChI=1S/C19H19N7O/c1-12-9-10-20-19-22-17(24-25(12)19)18(27)21-11-16-13(2)23-26(14(16)3)15-7-5-4-6-8-15/h4-10H,11H2,1-3H3,(H,21,27). The molecule has 3 heterocycles. The third kappa shape index (κ3) is 3.05. The van der Waals surface area contributed by atoms with E-state index >= 15 is 0 Å². The number of carbonyl (C=O) groups excluding carboxylic acids is 1. The summed E-state index contributed by atoms with van der Waals surface area (Å²) in [6, 6.07) is 11.7. The van der Waals surface area contributed by atoms with E-state index < -0.39 is 0 Å². The topological polar surface area (TPSA) is 90.0 Å². The fourth-order valence-corrected chi connectivity index (χ4v) is 3.00. The van der Waals surface area contributed by atoms with Crippen LogP contribution in [0.15, 0.2) is 42.6 Å². The predicted molar refractivity (Wildman–Crippen MR) is 99.7 cm³/mol. The summed E-state index contributed by atoms with van der Waals surface area (Å²) in [6.45, 7) is 6.16. The van der Waals surface area contributed by atoms with E-state index in [2.05, 4.69) is 25.5 Å². The number of nitrogens with one attached hydrogen (secondary N) is 1. The van der Waals surface area contributed by atoms with E-state index in [1.807, 2.05) is 61.9 Å². The lowest BCUT2D eigenvalue weighted by atomic mass is 10.2. The normalized spacial score (nSPS) is 11.1. The first-order chi connectivity index (χ1) is 13.0. The van der Waals surface area contributed by atoms with Crippen LogP contribution in [0.4, 0.5) is 0 Å². The van der Waals surface area contributed by atoms with Gasteiger partial charge in [-0.05, 0) is 39.0 Å². The van der Waals surface area contributed by atoms with Gasteiger partial charge in [-0.1, -0.05) is 18.2 Å². The van der Waals surface area contributed by atoms with Crippen molar-refractivity contribution in [1.29, 1.82) is 0 Å². The largest absolute Gasteiger partial charge is 0.345 e. The van der Waals surface area contributed by atoms with E-state index in [0.29, 0.717) is 12.3 Å². The maximum atomic E-state index is 12.5. The molecule has 0 saturated carbocycles. The molecule has 1 amide bonds. The number of hydrogen-bond acceptors (Lipinski definition) is 5. The van der Waals surface area contributed by atoms with Crippen LogP contribution in [0.3, 0.4) is 0 Å². The second-order valence-corrected chi connectivity index (χ2v) is 6.31.